The zero-order valence-electron chi connectivity index (χ0n) is 36.0. The van der Waals surface area contributed by atoms with E-state index in [0.29, 0.717) is 158 Å². The molecular formula is C42H82O15. The number of carbonyl (C=O) groups is 2. The highest BCUT2D eigenvalue weighted by molar-refractivity contribution is 5.69. The topological polar surface area (TPSA) is 154 Å². The molecule has 0 radical (unpaired) electrons. The van der Waals surface area contributed by atoms with E-state index in [4.69, 9.17) is 61.6 Å². The summed E-state index contributed by atoms with van der Waals surface area (Å²) in [7, 11) is 0. The van der Waals surface area contributed by atoms with Gasteiger partial charge in [0.2, 0.25) is 0 Å². The molecule has 0 atom stereocenters. The average Bonchev–Trinajstić information content (AvgIpc) is 3.21. The van der Waals surface area contributed by atoms with Gasteiger partial charge in [-0.1, -0.05) is 78.1 Å². The van der Waals surface area contributed by atoms with Crippen LogP contribution < -0.4 is 0 Å². The van der Waals surface area contributed by atoms with Gasteiger partial charge >= 0.3 is 11.9 Å². The minimum absolute atomic E-state index is 0.147. The smallest absolute Gasteiger partial charge is 0.305 e. The van der Waals surface area contributed by atoms with Gasteiger partial charge in [-0.05, 0) is 12.8 Å². The molecule has 340 valence electrons. The Kier molecular flexibility index (Phi) is 49.3. The van der Waals surface area contributed by atoms with E-state index in [2.05, 4.69) is 13.8 Å². The quantitative estimate of drug-likeness (QED) is 0.0539. The number of hydrogen-bond acceptors (Lipinski definition) is 15. The van der Waals surface area contributed by atoms with Gasteiger partial charge in [0.05, 0.1) is 145 Å². The molecule has 0 aliphatic rings. The Balaban J connectivity index is 3.13. The second-order valence-corrected chi connectivity index (χ2v) is 13.2. The normalized spacial score (nSPS) is 11.4. The van der Waals surface area contributed by atoms with Crippen molar-refractivity contribution in [2.75, 3.05) is 159 Å². The molecule has 0 aliphatic heterocycles. The first-order valence-electron chi connectivity index (χ1n) is 21.9. The first-order chi connectivity index (χ1) is 28.2. The number of rotatable bonds is 50. The summed E-state index contributed by atoms with van der Waals surface area (Å²) in [6, 6.07) is 0. The molecule has 0 spiro atoms. The fourth-order valence-corrected chi connectivity index (χ4v) is 4.97. The highest BCUT2D eigenvalue weighted by Crippen LogP contribution is 2.08. The highest BCUT2D eigenvalue weighted by atomic mass is 16.6. The van der Waals surface area contributed by atoms with Crippen molar-refractivity contribution in [1.82, 2.24) is 0 Å². The molecule has 0 saturated carbocycles. The lowest BCUT2D eigenvalue weighted by Gasteiger charge is -2.09. The number of ether oxygens (including phenoxy) is 13. The van der Waals surface area contributed by atoms with Crippen LogP contribution in [0, 0.1) is 0 Å². The van der Waals surface area contributed by atoms with Crippen LogP contribution in [0.5, 0.6) is 0 Å². The van der Waals surface area contributed by atoms with E-state index in [-0.39, 0.29) is 25.2 Å². The Hall–Kier alpha value is -1.50. The molecule has 0 aromatic rings. The third-order valence-corrected chi connectivity index (χ3v) is 8.17. The summed E-state index contributed by atoms with van der Waals surface area (Å²) < 4.78 is 70.6. The van der Waals surface area contributed by atoms with Gasteiger partial charge in [0.1, 0.15) is 13.2 Å². The van der Waals surface area contributed by atoms with Gasteiger partial charge in [0.15, 0.2) is 0 Å². The van der Waals surface area contributed by atoms with Crippen LogP contribution in [0.4, 0.5) is 0 Å². The van der Waals surface area contributed by atoms with Crippen molar-refractivity contribution in [2.24, 2.45) is 0 Å². The molecule has 0 bridgehead atoms. The molecule has 15 nitrogen and oxygen atoms in total. The van der Waals surface area contributed by atoms with E-state index in [1.807, 2.05) is 0 Å². The summed E-state index contributed by atoms with van der Waals surface area (Å²) >= 11 is 0. The van der Waals surface area contributed by atoms with Gasteiger partial charge in [-0.15, -0.1) is 0 Å². The van der Waals surface area contributed by atoms with Crippen LogP contribution in [0.25, 0.3) is 0 Å². The molecule has 0 unspecified atom stereocenters. The highest BCUT2D eigenvalue weighted by Gasteiger charge is 2.04. The molecule has 57 heavy (non-hydrogen) atoms. The van der Waals surface area contributed by atoms with Crippen LogP contribution in [-0.2, 0) is 71.2 Å². The lowest BCUT2D eigenvalue weighted by Crippen LogP contribution is -2.16. The first-order valence-corrected chi connectivity index (χ1v) is 21.9. The summed E-state index contributed by atoms with van der Waals surface area (Å²) in [6.45, 7) is 15.3. The molecule has 0 saturated heterocycles. The van der Waals surface area contributed by atoms with Crippen LogP contribution in [-0.4, -0.2) is 171 Å². The largest absolute Gasteiger partial charge is 0.463 e. The summed E-state index contributed by atoms with van der Waals surface area (Å²) in [5.41, 5.74) is 0. The van der Waals surface area contributed by atoms with Crippen molar-refractivity contribution >= 4 is 11.9 Å². The van der Waals surface area contributed by atoms with Crippen LogP contribution in [0.2, 0.25) is 0 Å². The van der Waals surface area contributed by atoms with Crippen LogP contribution in [0.3, 0.4) is 0 Å². The van der Waals surface area contributed by atoms with Crippen molar-refractivity contribution < 1.29 is 71.2 Å². The van der Waals surface area contributed by atoms with Gasteiger partial charge in [0.25, 0.3) is 0 Å². The average molecular weight is 827 g/mol. The summed E-state index contributed by atoms with van der Waals surface area (Å²) in [5, 5.41) is 0. The van der Waals surface area contributed by atoms with E-state index in [9.17, 15) is 9.59 Å². The first kappa shape index (κ1) is 55.5. The Morgan fingerprint density at radius 3 is 0.632 bits per heavy atom. The van der Waals surface area contributed by atoms with E-state index >= 15 is 0 Å². The molecule has 15 heteroatoms. The lowest BCUT2D eigenvalue weighted by atomic mass is 10.1. The van der Waals surface area contributed by atoms with Crippen molar-refractivity contribution in [2.45, 2.75) is 104 Å². The summed E-state index contributed by atoms with van der Waals surface area (Å²) in [5.74, 6) is -0.293. The second-order valence-electron chi connectivity index (χ2n) is 13.2. The third-order valence-electron chi connectivity index (χ3n) is 8.17. The Labute approximate surface area is 345 Å². The molecule has 0 rings (SSSR count). The predicted molar refractivity (Wildman–Crippen MR) is 217 cm³/mol. The predicted octanol–water partition coefficient (Wildman–Crippen LogP) is 5.76. The second kappa shape index (κ2) is 50.6. The van der Waals surface area contributed by atoms with Gasteiger partial charge < -0.3 is 61.6 Å². The maximum atomic E-state index is 11.7. The van der Waals surface area contributed by atoms with Crippen molar-refractivity contribution in [3.63, 3.8) is 0 Å². The lowest BCUT2D eigenvalue weighted by molar-refractivity contribution is -0.146. The van der Waals surface area contributed by atoms with E-state index in [1.54, 1.807) is 0 Å². The van der Waals surface area contributed by atoms with Gasteiger partial charge in [0, 0.05) is 12.8 Å². The van der Waals surface area contributed by atoms with Gasteiger partial charge in [-0.25, -0.2) is 0 Å². The third kappa shape index (κ3) is 50.6. The van der Waals surface area contributed by atoms with Crippen molar-refractivity contribution in [1.29, 1.82) is 0 Å². The fraction of sp³-hybridized carbons (Fsp3) is 0.952. The van der Waals surface area contributed by atoms with E-state index < -0.39 is 0 Å². The zero-order valence-corrected chi connectivity index (χ0v) is 36.0. The van der Waals surface area contributed by atoms with Crippen LogP contribution in [0.1, 0.15) is 104 Å². The van der Waals surface area contributed by atoms with Crippen molar-refractivity contribution in [3.8, 4) is 0 Å². The molecule has 0 amide bonds. The number of hydrogen-bond donors (Lipinski definition) is 0. The van der Waals surface area contributed by atoms with Crippen molar-refractivity contribution in [3.05, 3.63) is 0 Å². The maximum Gasteiger partial charge on any atom is 0.305 e. The number of carbonyl (C=O) groups excluding carboxylic acids is 2. The Bertz CT molecular complexity index is 731. The molecule has 0 heterocycles. The number of esters is 2. The van der Waals surface area contributed by atoms with Gasteiger partial charge in [-0.3, -0.25) is 9.59 Å². The van der Waals surface area contributed by atoms with Crippen LogP contribution in [0.15, 0.2) is 0 Å². The van der Waals surface area contributed by atoms with E-state index in [1.165, 1.54) is 51.4 Å². The van der Waals surface area contributed by atoms with Crippen LogP contribution >= 0.6 is 0 Å². The minimum atomic E-state index is -0.147. The zero-order chi connectivity index (χ0) is 41.2. The summed E-state index contributed by atoms with van der Waals surface area (Å²) in [6.07, 6.45) is 14.8. The molecular weight excluding hydrogens is 744 g/mol. The monoisotopic (exact) mass is 827 g/mol. The SMILES string of the molecule is CCCCCCCCC(=O)OCCOCCOCCOCCOCCOCCOCCOCCOCCOCCOCCOCCOC(=O)CCCCCCCC. The van der Waals surface area contributed by atoms with E-state index in [0.717, 1.165) is 25.7 Å². The molecule has 0 fully saturated rings. The molecule has 0 aliphatic carbocycles. The summed E-state index contributed by atoms with van der Waals surface area (Å²) in [4.78, 5) is 23.4. The maximum absolute atomic E-state index is 11.7. The fourth-order valence-electron chi connectivity index (χ4n) is 4.97. The Morgan fingerprint density at radius 2 is 0.421 bits per heavy atom. The molecule has 0 N–H and O–H groups in total. The van der Waals surface area contributed by atoms with Gasteiger partial charge in [-0.2, -0.15) is 0 Å². The minimum Gasteiger partial charge on any atom is -0.463 e. The number of unbranched alkanes of at least 4 members (excludes halogenated alkanes) is 10. The molecule has 0 aromatic heterocycles. The standard InChI is InChI=1S/C42H82O15/c1-3-5-7-9-11-13-15-41(43)56-39-37-54-35-33-52-31-29-50-27-25-48-23-21-46-19-17-45-18-20-47-22-24-49-26-28-51-30-32-53-34-36-55-38-40-57-42(44)16-14-12-10-8-6-4-2/h3-40H2,1-2H3. The Morgan fingerprint density at radius 1 is 0.246 bits per heavy atom. The molecule has 0 aromatic carbocycles.